The molecule has 2 aromatic heterocycles. The van der Waals surface area contributed by atoms with Crippen molar-refractivity contribution < 1.29 is 4.42 Å². The van der Waals surface area contributed by atoms with Crippen molar-refractivity contribution in [3.05, 3.63) is 45.7 Å². The summed E-state index contributed by atoms with van der Waals surface area (Å²) >= 11 is 6.83. The highest BCUT2D eigenvalue weighted by atomic mass is 79.9. The molecular formula is C13H9Br2N3O. The first-order valence-electron chi connectivity index (χ1n) is 5.50. The average molecular weight is 383 g/mol. The van der Waals surface area contributed by atoms with E-state index in [2.05, 4.69) is 42.1 Å². The minimum absolute atomic E-state index is 0.459. The number of rotatable bonds is 2. The molecule has 4 nitrogen and oxygen atoms in total. The van der Waals surface area contributed by atoms with Crippen LogP contribution in [0.15, 0.2) is 50.2 Å². The summed E-state index contributed by atoms with van der Waals surface area (Å²) in [5.41, 5.74) is 9.55. The highest BCUT2D eigenvalue weighted by Gasteiger charge is 2.18. The van der Waals surface area contributed by atoms with Crippen LogP contribution in [0.3, 0.4) is 0 Å². The number of hydrogen-bond donors (Lipinski definition) is 2. The van der Waals surface area contributed by atoms with E-state index >= 15 is 0 Å². The van der Waals surface area contributed by atoms with Gasteiger partial charge in [0.2, 0.25) is 0 Å². The van der Waals surface area contributed by atoms with Gasteiger partial charge in [-0.3, -0.25) is 5.10 Å². The molecule has 3 N–H and O–H groups in total. The zero-order chi connectivity index (χ0) is 13.4. The SMILES string of the molecule is Nc1n[nH]c(-c2ccoc2Br)c1-c1cccc(Br)c1. The van der Waals surface area contributed by atoms with Gasteiger partial charge in [-0.15, -0.1) is 0 Å². The summed E-state index contributed by atoms with van der Waals surface area (Å²) in [4.78, 5) is 0. The quantitative estimate of drug-likeness (QED) is 0.688. The molecule has 3 aromatic rings. The summed E-state index contributed by atoms with van der Waals surface area (Å²) in [7, 11) is 0. The van der Waals surface area contributed by atoms with Gasteiger partial charge in [0.05, 0.1) is 23.1 Å². The van der Waals surface area contributed by atoms with Gasteiger partial charge in [0, 0.05) is 4.47 Å². The van der Waals surface area contributed by atoms with Gasteiger partial charge in [0.15, 0.2) is 10.5 Å². The zero-order valence-corrected chi connectivity index (χ0v) is 12.8. The van der Waals surface area contributed by atoms with Crippen LogP contribution in [-0.4, -0.2) is 10.2 Å². The summed E-state index contributed by atoms with van der Waals surface area (Å²) in [5.74, 6) is 0.459. The molecule has 19 heavy (non-hydrogen) atoms. The molecule has 96 valence electrons. The third kappa shape index (κ3) is 2.21. The van der Waals surface area contributed by atoms with Crippen LogP contribution in [0.25, 0.3) is 22.4 Å². The monoisotopic (exact) mass is 381 g/mol. The Labute approximate surface area is 126 Å². The van der Waals surface area contributed by atoms with Gasteiger partial charge < -0.3 is 10.2 Å². The van der Waals surface area contributed by atoms with Crippen molar-refractivity contribution >= 4 is 37.7 Å². The molecule has 0 aliphatic carbocycles. The van der Waals surface area contributed by atoms with Gasteiger partial charge in [-0.1, -0.05) is 28.1 Å². The first kappa shape index (κ1) is 12.5. The number of furan rings is 1. The van der Waals surface area contributed by atoms with Gasteiger partial charge in [0.25, 0.3) is 0 Å². The van der Waals surface area contributed by atoms with E-state index < -0.39 is 0 Å². The highest BCUT2D eigenvalue weighted by molar-refractivity contribution is 9.10. The van der Waals surface area contributed by atoms with Gasteiger partial charge >= 0.3 is 0 Å². The second kappa shape index (κ2) is 4.86. The molecule has 0 saturated carbocycles. The van der Waals surface area contributed by atoms with Crippen molar-refractivity contribution in [2.75, 3.05) is 5.73 Å². The molecule has 1 aromatic carbocycles. The molecule has 0 aliphatic rings. The Bertz CT molecular complexity index is 733. The van der Waals surface area contributed by atoms with Gasteiger partial charge in [0.1, 0.15) is 0 Å². The van der Waals surface area contributed by atoms with E-state index in [0.717, 1.165) is 26.9 Å². The van der Waals surface area contributed by atoms with Crippen LogP contribution in [0.4, 0.5) is 5.82 Å². The Kier molecular flexibility index (Phi) is 3.20. The van der Waals surface area contributed by atoms with Crippen molar-refractivity contribution in [2.24, 2.45) is 0 Å². The summed E-state index contributed by atoms with van der Waals surface area (Å²) in [6.07, 6.45) is 1.61. The lowest BCUT2D eigenvalue weighted by Gasteiger charge is -2.04. The zero-order valence-electron chi connectivity index (χ0n) is 9.65. The fraction of sp³-hybridized carbons (Fsp3) is 0. The Morgan fingerprint density at radius 3 is 2.74 bits per heavy atom. The number of nitrogens with one attached hydrogen (secondary N) is 1. The second-order valence-corrected chi connectivity index (χ2v) is 5.61. The van der Waals surface area contributed by atoms with Crippen LogP contribution in [0.5, 0.6) is 0 Å². The largest absolute Gasteiger partial charge is 0.457 e. The van der Waals surface area contributed by atoms with E-state index in [1.165, 1.54) is 0 Å². The van der Waals surface area contributed by atoms with E-state index in [4.69, 9.17) is 10.2 Å². The van der Waals surface area contributed by atoms with E-state index in [-0.39, 0.29) is 0 Å². The van der Waals surface area contributed by atoms with E-state index in [9.17, 15) is 0 Å². The number of aromatic nitrogens is 2. The van der Waals surface area contributed by atoms with Crippen LogP contribution >= 0.6 is 31.9 Å². The average Bonchev–Trinajstić information content (AvgIpc) is 2.95. The predicted molar refractivity (Wildman–Crippen MR) is 81.5 cm³/mol. The fourth-order valence-electron chi connectivity index (χ4n) is 1.96. The number of nitrogen functional groups attached to an aromatic ring is 1. The lowest BCUT2D eigenvalue weighted by molar-refractivity contribution is 0.542. The van der Waals surface area contributed by atoms with Crippen molar-refractivity contribution in [3.63, 3.8) is 0 Å². The van der Waals surface area contributed by atoms with Crippen molar-refractivity contribution in [2.45, 2.75) is 0 Å². The molecule has 0 bridgehead atoms. The third-order valence-corrected chi connectivity index (χ3v) is 3.90. The number of halogens is 2. The molecule has 0 spiro atoms. The molecule has 3 rings (SSSR count). The highest BCUT2D eigenvalue weighted by Crippen LogP contribution is 2.38. The topological polar surface area (TPSA) is 67.8 Å². The van der Waals surface area contributed by atoms with Crippen LogP contribution in [0.2, 0.25) is 0 Å². The first-order chi connectivity index (χ1) is 9.16. The molecular weight excluding hydrogens is 374 g/mol. The Morgan fingerprint density at radius 1 is 1.21 bits per heavy atom. The maximum absolute atomic E-state index is 5.98. The van der Waals surface area contributed by atoms with Crippen LogP contribution in [-0.2, 0) is 0 Å². The van der Waals surface area contributed by atoms with Gasteiger partial charge in [-0.25, -0.2) is 0 Å². The number of anilines is 1. The maximum Gasteiger partial charge on any atom is 0.178 e. The maximum atomic E-state index is 5.98. The van der Waals surface area contributed by atoms with E-state index in [0.29, 0.717) is 10.5 Å². The third-order valence-electron chi connectivity index (χ3n) is 2.79. The summed E-state index contributed by atoms with van der Waals surface area (Å²) in [6, 6.07) is 9.77. The number of aromatic amines is 1. The Balaban J connectivity index is 2.22. The number of H-pyrrole nitrogens is 1. The second-order valence-electron chi connectivity index (χ2n) is 3.98. The van der Waals surface area contributed by atoms with Crippen LogP contribution < -0.4 is 5.73 Å². The Morgan fingerprint density at radius 2 is 2.05 bits per heavy atom. The molecule has 0 saturated heterocycles. The van der Waals surface area contributed by atoms with Crippen molar-refractivity contribution in [1.29, 1.82) is 0 Å². The molecule has 0 fully saturated rings. The summed E-state index contributed by atoms with van der Waals surface area (Å²) < 4.78 is 6.90. The number of benzene rings is 1. The van der Waals surface area contributed by atoms with E-state index in [1.54, 1.807) is 6.26 Å². The standard InChI is InChI=1S/C13H9Br2N3O/c14-8-3-1-2-7(6-8)10-11(17-18-13(10)16)9-4-5-19-12(9)15/h1-6H,(H3,16,17,18). The molecule has 0 unspecified atom stereocenters. The molecule has 6 heteroatoms. The minimum atomic E-state index is 0.459. The lowest BCUT2D eigenvalue weighted by atomic mass is 10.0. The summed E-state index contributed by atoms with van der Waals surface area (Å²) in [6.45, 7) is 0. The van der Waals surface area contributed by atoms with E-state index in [1.807, 2.05) is 30.3 Å². The smallest absolute Gasteiger partial charge is 0.178 e. The number of hydrogen-bond acceptors (Lipinski definition) is 3. The predicted octanol–water partition coefficient (Wildman–Crippen LogP) is 4.44. The molecule has 2 heterocycles. The molecule has 0 radical (unpaired) electrons. The van der Waals surface area contributed by atoms with Crippen molar-refractivity contribution in [1.82, 2.24) is 10.2 Å². The Hall–Kier alpha value is -1.53. The first-order valence-corrected chi connectivity index (χ1v) is 7.08. The van der Waals surface area contributed by atoms with Crippen molar-refractivity contribution in [3.8, 4) is 22.4 Å². The molecule has 0 aliphatic heterocycles. The molecule has 0 atom stereocenters. The van der Waals surface area contributed by atoms with Gasteiger partial charge in [-0.05, 0) is 39.7 Å². The van der Waals surface area contributed by atoms with Crippen LogP contribution in [0.1, 0.15) is 0 Å². The summed E-state index contributed by atoms with van der Waals surface area (Å²) in [5, 5.41) is 7.05. The lowest BCUT2D eigenvalue weighted by Crippen LogP contribution is -1.88. The van der Waals surface area contributed by atoms with Gasteiger partial charge in [-0.2, -0.15) is 5.10 Å². The van der Waals surface area contributed by atoms with Crippen LogP contribution in [0, 0.1) is 0 Å². The number of nitrogens with zero attached hydrogens (tertiary/aromatic N) is 1. The fourth-order valence-corrected chi connectivity index (χ4v) is 2.80. The molecule has 0 amide bonds. The minimum Gasteiger partial charge on any atom is -0.457 e. The normalized spacial score (nSPS) is 10.8. The number of nitrogens with two attached hydrogens (primary N) is 1.